The topological polar surface area (TPSA) is 54.8 Å². The Bertz CT molecular complexity index is 3370. The van der Waals surface area contributed by atoms with E-state index in [1.54, 1.807) is 0 Å². The smallest absolute Gasteiger partial charge is 0.159 e. The van der Waals surface area contributed by atoms with Crippen molar-refractivity contribution in [1.82, 2.24) is 9.88 Å². The number of hydrogen-bond acceptors (Lipinski definition) is 4. The number of rotatable bonds is 5. The fourth-order valence-electron chi connectivity index (χ4n) is 9.47. The van der Waals surface area contributed by atoms with Crippen molar-refractivity contribution in [3.05, 3.63) is 210 Å². The van der Waals surface area contributed by atoms with Crippen molar-refractivity contribution < 1.29 is 4.42 Å². The number of furan rings is 1. The van der Waals surface area contributed by atoms with E-state index in [-0.39, 0.29) is 11.6 Å². The molecule has 1 aliphatic heterocycles. The van der Waals surface area contributed by atoms with Crippen LogP contribution in [-0.2, 0) is 5.41 Å². The third kappa shape index (κ3) is 5.24. The summed E-state index contributed by atoms with van der Waals surface area (Å²) in [5.74, 6) is 1.46. The van der Waals surface area contributed by atoms with Crippen LogP contribution in [0.5, 0.6) is 0 Å². The predicted octanol–water partition coefficient (Wildman–Crippen LogP) is 13.2. The van der Waals surface area contributed by atoms with Crippen LogP contribution in [-0.4, -0.2) is 16.2 Å². The number of nitrogens with one attached hydrogen (secondary N) is 1. The van der Waals surface area contributed by atoms with Crippen molar-refractivity contribution in [2.45, 2.75) is 25.4 Å². The zero-order valence-electron chi connectivity index (χ0n) is 32.6. The fourth-order valence-corrected chi connectivity index (χ4v) is 9.47. The third-order valence-electron chi connectivity index (χ3n) is 12.5. The summed E-state index contributed by atoms with van der Waals surface area (Å²) in [7, 11) is 0. The highest BCUT2D eigenvalue weighted by Crippen LogP contribution is 2.51. The molecule has 5 heteroatoms. The van der Waals surface area contributed by atoms with Crippen LogP contribution in [0.25, 0.3) is 71.7 Å². The second-order valence-electron chi connectivity index (χ2n) is 16.2. The number of aliphatic imine (C=N–C) groups is 2. The van der Waals surface area contributed by atoms with E-state index in [4.69, 9.17) is 14.4 Å². The average Bonchev–Trinajstić information content (AvgIpc) is 3.90. The van der Waals surface area contributed by atoms with Crippen molar-refractivity contribution in [2.24, 2.45) is 9.98 Å². The maximum absolute atomic E-state index is 6.45. The SMILES string of the molecule is CC1(C)c2ccccc2-c2cc3c4ccccc4n(-c4ccc(C5=NC(c6ccc7c(c6)oc6ccc(-c8ccccc8)cc67)NC(c6ccccc6)=N5)cc4)c3cc21. The van der Waals surface area contributed by atoms with Crippen LogP contribution in [0.4, 0.5) is 0 Å². The van der Waals surface area contributed by atoms with Crippen molar-refractivity contribution >= 4 is 55.4 Å². The van der Waals surface area contributed by atoms with Gasteiger partial charge in [0.2, 0.25) is 0 Å². The lowest BCUT2D eigenvalue weighted by Crippen LogP contribution is -2.33. The van der Waals surface area contributed by atoms with E-state index in [9.17, 15) is 0 Å². The summed E-state index contributed by atoms with van der Waals surface area (Å²) < 4.78 is 8.86. The van der Waals surface area contributed by atoms with E-state index in [1.807, 2.05) is 24.3 Å². The van der Waals surface area contributed by atoms with Gasteiger partial charge in [0.15, 0.2) is 5.84 Å². The lowest BCUT2D eigenvalue weighted by atomic mass is 9.82. The molecule has 8 aromatic carbocycles. The number of fused-ring (bicyclic) bond motifs is 9. The lowest BCUT2D eigenvalue weighted by molar-refractivity contribution is 0.655. The minimum atomic E-state index is -0.373. The Morgan fingerprint density at radius 3 is 2.07 bits per heavy atom. The molecule has 2 aromatic heterocycles. The van der Waals surface area contributed by atoms with Gasteiger partial charge >= 0.3 is 0 Å². The zero-order chi connectivity index (χ0) is 39.2. The van der Waals surface area contributed by atoms with Gasteiger partial charge in [-0.05, 0) is 94.0 Å². The summed E-state index contributed by atoms with van der Waals surface area (Å²) >= 11 is 0. The standard InChI is InChI=1S/C54H38N4O/c1-54(2)45-19-11-9-17-39(45)42-31-43-40-18-10-12-20-47(40)58(48(43)32-46(42)54)38-25-21-35(22-26-38)52-55-51(34-15-7-4-8-16-34)56-53(57-52)37-23-27-41-44-29-36(33-13-5-3-6-14-33)24-28-49(44)59-50(41)30-37/h3-32,53H,1-2H3,(H,55,56,57). The Labute approximate surface area is 341 Å². The third-order valence-corrected chi connectivity index (χ3v) is 12.5. The molecule has 0 bridgehead atoms. The molecule has 10 aromatic rings. The molecule has 0 spiro atoms. The molecule has 12 rings (SSSR count). The van der Waals surface area contributed by atoms with E-state index in [2.05, 4.69) is 181 Å². The molecule has 1 aliphatic carbocycles. The molecule has 2 aliphatic rings. The maximum Gasteiger partial charge on any atom is 0.159 e. The van der Waals surface area contributed by atoms with E-state index >= 15 is 0 Å². The Hall–Kier alpha value is -7.50. The monoisotopic (exact) mass is 758 g/mol. The lowest BCUT2D eigenvalue weighted by Gasteiger charge is -2.23. The normalized spacial score (nSPS) is 15.6. The summed E-state index contributed by atoms with van der Waals surface area (Å²) in [4.78, 5) is 10.4. The molecule has 0 fully saturated rings. The van der Waals surface area contributed by atoms with Gasteiger partial charge in [0.1, 0.15) is 23.2 Å². The molecular weight excluding hydrogens is 721 g/mol. The first-order chi connectivity index (χ1) is 29.0. The second kappa shape index (κ2) is 12.8. The van der Waals surface area contributed by atoms with Crippen molar-refractivity contribution in [3.8, 4) is 27.9 Å². The van der Waals surface area contributed by atoms with Crippen LogP contribution in [0.2, 0.25) is 0 Å². The highest BCUT2D eigenvalue weighted by atomic mass is 16.3. The maximum atomic E-state index is 6.45. The highest BCUT2D eigenvalue weighted by molar-refractivity contribution is 6.14. The number of hydrogen-bond donors (Lipinski definition) is 1. The number of benzene rings is 8. The molecule has 0 radical (unpaired) electrons. The van der Waals surface area contributed by atoms with Crippen LogP contribution in [0.1, 0.15) is 47.8 Å². The zero-order valence-corrected chi connectivity index (χ0v) is 32.6. The fraction of sp³-hybridized carbons (Fsp3) is 0.0741. The minimum absolute atomic E-state index is 0.0930. The summed E-state index contributed by atoms with van der Waals surface area (Å²) in [6.45, 7) is 4.69. The number of para-hydroxylation sites is 1. The van der Waals surface area contributed by atoms with Crippen LogP contribution >= 0.6 is 0 Å². The summed E-state index contributed by atoms with van der Waals surface area (Å²) in [6.07, 6.45) is -0.373. The number of amidine groups is 2. The number of aromatic nitrogens is 1. The minimum Gasteiger partial charge on any atom is -0.456 e. The molecule has 5 nitrogen and oxygen atoms in total. The number of nitrogens with zero attached hydrogens (tertiary/aromatic N) is 3. The molecule has 3 heterocycles. The van der Waals surface area contributed by atoms with Crippen LogP contribution in [0.15, 0.2) is 196 Å². The van der Waals surface area contributed by atoms with Crippen molar-refractivity contribution in [3.63, 3.8) is 0 Å². The van der Waals surface area contributed by atoms with Gasteiger partial charge in [-0.15, -0.1) is 0 Å². The highest BCUT2D eigenvalue weighted by Gasteiger charge is 2.36. The summed E-state index contributed by atoms with van der Waals surface area (Å²) in [6, 6.07) is 64.8. The Kier molecular flexibility index (Phi) is 7.27. The average molecular weight is 759 g/mol. The van der Waals surface area contributed by atoms with Gasteiger partial charge in [0.25, 0.3) is 0 Å². The molecule has 0 amide bonds. The molecule has 1 N–H and O–H groups in total. The van der Waals surface area contributed by atoms with Crippen LogP contribution in [0.3, 0.4) is 0 Å². The second-order valence-corrected chi connectivity index (χ2v) is 16.2. The predicted molar refractivity (Wildman–Crippen MR) is 243 cm³/mol. The molecule has 0 saturated heterocycles. The van der Waals surface area contributed by atoms with Gasteiger partial charge < -0.3 is 14.3 Å². The van der Waals surface area contributed by atoms with Gasteiger partial charge in [-0.3, -0.25) is 0 Å². The Morgan fingerprint density at radius 1 is 0.508 bits per heavy atom. The van der Waals surface area contributed by atoms with Gasteiger partial charge in [0.05, 0.1) is 11.0 Å². The van der Waals surface area contributed by atoms with E-state index < -0.39 is 0 Å². The quantitative estimate of drug-likeness (QED) is 0.190. The molecule has 1 atom stereocenters. The first-order valence-electron chi connectivity index (χ1n) is 20.3. The Balaban J connectivity index is 0.947. The molecule has 1 unspecified atom stereocenters. The van der Waals surface area contributed by atoms with Crippen molar-refractivity contribution in [1.29, 1.82) is 0 Å². The summed E-state index contributed by atoms with van der Waals surface area (Å²) in [5.41, 5.74) is 15.8. The molecule has 0 saturated carbocycles. The van der Waals surface area contributed by atoms with Gasteiger partial charge in [-0.1, -0.05) is 135 Å². The van der Waals surface area contributed by atoms with E-state index in [0.29, 0.717) is 5.84 Å². The van der Waals surface area contributed by atoms with Crippen LogP contribution in [0, 0.1) is 0 Å². The molecule has 59 heavy (non-hydrogen) atoms. The van der Waals surface area contributed by atoms with Gasteiger partial charge in [0, 0.05) is 49.3 Å². The summed E-state index contributed by atoms with van der Waals surface area (Å²) in [5, 5.41) is 8.33. The molecular formula is C54H38N4O. The van der Waals surface area contributed by atoms with Gasteiger partial charge in [-0.25, -0.2) is 9.98 Å². The van der Waals surface area contributed by atoms with Crippen LogP contribution < -0.4 is 5.32 Å². The van der Waals surface area contributed by atoms with Gasteiger partial charge in [-0.2, -0.15) is 0 Å². The van der Waals surface area contributed by atoms with E-state index in [1.165, 1.54) is 55.2 Å². The largest absolute Gasteiger partial charge is 0.456 e. The van der Waals surface area contributed by atoms with E-state index in [0.717, 1.165) is 50.2 Å². The Morgan fingerprint density at radius 2 is 1.24 bits per heavy atom. The first kappa shape index (κ1) is 33.6. The van der Waals surface area contributed by atoms with Crippen molar-refractivity contribution in [2.75, 3.05) is 0 Å². The first-order valence-corrected chi connectivity index (χ1v) is 20.3. The molecule has 280 valence electrons.